The van der Waals surface area contributed by atoms with Crippen molar-refractivity contribution in [1.82, 2.24) is 9.97 Å². The average molecular weight is 260 g/mol. The molecule has 1 atom stereocenters. The third-order valence-corrected chi connectivity index (χ3v) is 2.87. The summed E-state index contributed by atoms with van der Waals surface area (Å²) >= 11 is 5.77. The second-order valence-electron chi connectivity index (χ2n) is 3.89. The quantitative estimate of drug-likeness (QED) is 0.756. The first-order valence-corrected chi connectivity index (χ1v) is 5.72. The highest BCUT2D eigenvalue weighted by Gasteiger charge is 2.25. The molecule has 1 fully saturated rings. The van der Waals surface area contributed by atoms with E-state index in [1.807, 2.05) is 11.8 Å². The van der Waals surface area contributed by atoms with Gasteiger partial charge in [0.2, 0.25) is 5.28 Å². The van der Waals surface area contributed by atoms with Crippen LogP contribution in [0.3, 0.4) is 0 Å². The van der Waals surface area contributed by atoms with Gasteiger partial charge in [0, 0.05) is 6.54 Å². The summed E-state index contributed by atoms with van der Waals surface area (Å²) < 4.78 is 5.31. The molecule has 94 valence electrons. The van der Waals surface area contributed by atoms with E-state index < -0.39 is 0 Å². The number of morpholine rings is 1. The van der Waals surface area contributed by atoms with Gasteiger partial charge in [0.05, 0.1) is 25.9 Å². The molecule has 0 saturated carbocycles. The molecule has 7 heteroatoms. The van der Waals surface area contributed by atoms with Crippen molar-refractivity contribution in [3.8, 4) is 5.75 Å². The number of aliphatic hydroxyl groups excluding tert-OH is 1. The van der Waals surface area contributed by atoms with Gasteiger partial charge in [-0.3, -0.25) is 0 Å². The lowest BCUT2D eigenvalue weighted by atomic mass is 10.2. The molecule has 0 amide bonds. The largest absolute Gasteiger partial charge is 0.503 e. The number of anilines is 1. The monoisotopic (exact) mass is 259 g/mol. The van der Waals surface area contributed by atoms with Gasteiger partial charge in [-0.1, -0.05) is 0 Å². The molecule has 1 aliphatic heterocycles. The smallest absolute Gasteiger partial charge is 0.224 e. The molecular weight excluding hydrogens is 246 g/mol. The summed E-state index contributed by atoms with van der Waals surface area (Å²) in [6.07, 6.45) is 0. The van der Waals surface area contributed by atoms with E-state index in [1.165, 1.54) is 0 Å². The van der Waals surface area contributed by atoms with E-state index in [-0.39, 0.29) is 29.4 Å². The third-order valence-electron chi connectivity index (χ3n) is 2.70. The highest BCUT2D eigenvalue weighted by atomic mass is 35.5. The Balaban J connectivity index is 2.39. The molecule has 1 aromatic rings. The van der Waals surface area contributed by atoms with Gasteiger partial charge in [0.1, 0.15) is 5.69 Å². The van der Waals surface area contributed by atoms with Crippen molar-refractivity contribution in [3.05, 3.63) is 11.0 Å². The standard InChI is InChI=1S/C10H14ClN3O3/c1-6-5-17-3-2-14(6)9-8(16)7(4-15)12-10(11)13-9/h6,15-16H,2-5H2,1H3. The lowest BCUT2D eigenvalue weighted by Crippen LogP contribution is -2.44. The van der Waals surface area contributed by atoms with Crippen molar-refractivity contribution in [2.45, 2.75) is 19.6 Å². The molecule has 2 N–H and O–H groups in total. The summed E-state index contributed by atoms with van der Waals surface area (Å²) in [7, 11) is 0. The van der Waals surface area contributed by atoms with Crippen molar-refractivity contribution in [2.24, 2.45) is 0 Å². The molecular formula is C10H14ClN3O3. The van der Waals surface area contributed by atoms with Gasteiger partial charge in [0.25, 0.3) is 0 Å². The molecule has 0 aliphatic carbocycles. The van der Waals surface area contributed by atoms with Gasteiger partial charge in [-0.25, -0.2) is 4.98 Å². The van der Waals surface area contributed by atoms with Gasteiger partial charge >= 0.3 is 0 Å². The summed E-state index contributed by atoms with van der Waals surface area (Å²) in [6.45, 7) is 3.34. The minimum Gasteiger partial charge on any atom is -0.503 e. The molecule has 0 radical (unpaired) electrons. The van der Waals surface area contributed by atoms with Crippen LogP contribution in [0.5, 0.6) is 5.75 Å². The van der Waals surface area contributed by atoms with Crippen LogP contribution in [0, 0.1) is 0 Å². The number of nitrogens with zero attached hydrogens (tertiary/aromatic N) is 3. The first-order chi connectivity index (χ1) is 8.13. The summed E-state index contributed by atoms with van der Waals surface area (Å²) in [4.78, 5) is 9.68. The van der Waals surface area contributed by atoms with E-state index in [9.17, 15) is 5.11 Å². The molecule has 2 heterocycles. The summed E-state index contributed by atoms with van der Waals surface area (Å²) in [5, 5.41) is 19.1. The van der Waals surface area contributed by atoms with Gasteiger partial charge in [-0.15, -0.1) is 0 Å². The van der Waals surface area contributed by atoms with Crippen LogP contribution >= 0.6 is 11.6 Å². The molecule has 0 bridgehead atoms. The minimum atomic E-state index is -0.375. The molecule has 1 aliphatic rings. The van der Waals surface area contributed by atoms with Crippen LogP contribution in [0.1, 0.15) is 12.6 Å². The van der Waals surface area contributed by atoms with Crippen LogP contribution in [0.2, 0.25) is 5.28 Å². The van der Waals surface area contributed by atoms with Crippen LogP contribution in [0.15, 0.2) is 0 Å². The predicted molar refractivity (Wildman–Crippen MR) is 62.3 cm³/mol. The highest BCUT2D eigenvalue weighted by molar-refractivity contribution is 6.28. The van der Waals surface area contributed by atoms with E-state index in [0.717, 1.165) is 0 Å². The lowest BCUT2D eigenvalue weighted by molar-refractivity contribution is 0.0982. The number of aromatic nitrogens is 2. The van der Waals surface area contributed by atoms with Crippen LogP contribution in [-0.4, -0.2) is 46.0 Å². The van der Waals surface area contributed by atoms with E-state index in [4.69, 9.17) is 21.4 Å². The van der Waals surface area contributed by atoms with Gasteiger partial charge < -0.3 is 19.8 Å². The van der Waals surface area contributed by atoms with Crippen molar-refractivity contribution in [2.75, 3.05) is 24.7 Å². The van der Waals surface area contributed by atoms with Crippen molar-refractivity contribution in [3.63, 3.8) is 0 Å². The Hall–Kier alpha value is -1.11. The van der Waals surface area contributed by atoms with Crippen LogP contribution in [0.4, 0.5) is 5.82 Å². The Morgan fingerprint density at radius 3 is 2.94 bits per heavy atom. The highest BCUT2D eigenvalue weighted by Crippen LogP contribution is 2.31. The van der Waals surface area contributed by atoms with Crippen LogP contribution in [0.25, 0.3) is 0 Å². The molecule has 1 unspecified atom stereocenters. The Kier molecular flexibility index (Phi) is 3.66. The number of hydrogen-bond acceptors (Lipinski definition) is 6. The SMILES string of the molecule is CC1COCCN1c1nc(Cl)nc(CO)c1O. The fourth-order valence-corrected chi connectivity index (χ4v) is 1.99. The Labute approximate surface area is 104 Å². The molecule has 1 aromatic heterocycles. The van der Waals surface area contributed by atoms with Crippen molar-refractivity contribution in [1.29, 1.82) is 0 Å². The second kappa shape index (κ2) is 5.03. The molecule has 17 heavy (non-hydrogen) atoms. The zero-order valence-electron chi connectivity index (χ0n) is 9.43. The van der Waals surface area contributed by atoms with E-state index in [1.54, 1.807) is 0 Å². The molecule has 6 nitrogen and oxygen atoms in total. The maximum atomic E-state index is 9.96. The van der Waals surface area contributed by atoms with Crippen molar-refractivity contribution >= 4 is 17.4 Å². The van der Waals surface area contributed by atoms with E-state index in [0.29, 0.717) is 25.6 Å². The molecule has 0 aromatic carbocycles. The van der Waals surface area contributed by atoms with Gasteiger partial charge in [-0.2, -0.15) is 4.98 Å². The number of halogens is 1. The Morgan fingerprint density at radius 1 is 1.53 bits per heavy atom. The first kappa shape index (κ1) is 12.3. The summed E-state index contributed by atoms with van der Waals surface area (Å²) in [5.74, 6) is 0.232. The predicted octanol–water partition coefficient (Wildman–Crippen LogP) is 0.553. The van der Waals surface area contributed by atoms with Crippen molar-refractivity contribution < 1.29 is 14.9 Å². The van der Waals surface area contributed by atoms with Gasteiger partial charge in [-0.05, 0) is 18.5 Å². The van der Waals surface area contributed by atoms with E-state index in [2.05, 4.69) is 9.97 Å². The molecule has 1 saturated heterocycles. The minimum absolute atomic E-state index is 0.0144. The van der Waals surface area contributed by atoms with Gasteiger partial charge in [0.15, 0.2) is 11.6 Å². The first-order valence-electron chi connectivity index (χ1n) is 5.34. The molecule has 2 rings (SSSR count). The number of rotatable bonds is 2. The van der Waals surface area contributed by atoms with Crippen LogP contribution < -0.4 is 4.90 Å². The van der Waals surface area contributed by atoms with E-state index >= 15 is 0 Å². The summed E-state index contributed by atoms with van der Waals surface area (Å²) in [6, 6.07) is 0.0900. The zero-order valence-corrected chi connectivity index (χ0v) is 10.2. The number of aromatic hydroxyl groups is 1. The van der Waals surface area contributed by atoms with Crippen LogP contribution in [-0.2, 0) is 11.3 Å². The molecule has 0 spiro atoms. The maximum absolute atomic E-state index is 9.96. The number of aliphatic hydroxyl groups is 1. The lowest BCUT2D eigenvalue weighted by Gasteiger charge is -2.34. The Bertz CT molecular complexity index is 416. The normalized spacial score (nSPS) is 20.6. The third kappa shape index (κ3) is 2.43. The number of ether oxygens (including phenoxy) is 1. The fraction of sp³-hybridized carbons (Fsp3) is 0.600. The Morgan fingerprint density at radius 2 is 2.29 bits per heavy atom. The fourth-order valence-electron chi connectivity index (χ4n) is 1.81. The topological polar surface area (TPSA) is 78.7 Å². The number of hydrogen-bond donors (Lipinski definition) is 2. The average Bonchev–Trinajstić information content (AvgIpc) is 2.32. The maximum Gasteiger partial charge on any atom is 0.224 e. The summed E-state index contributed by atoms with van der Waals surface area (Å²) in [5.41, 5.74) is 0.138. The zero-order chi connectivity index (χ0) is 12.4. The second-order valence-corrected chi connectivity index (χ2v) is 4.23.